The Labute approximate surface area is 102 Å². The summed E-state index contributed by atoms with van der Waals surface area (Å²) in [6, 6.07) is 1.61. The summed E-state index contributed by atoms with van der Waals surface area (Å²) >= 11 is 0. The van der Waals surface area contributed by atoms with Crippen molar-refractivity contribution in [3.8, 4) is 0 Å². The number of nitrogens with zero attached hydrogens (tertiary/aromatic N) is 3. The Morgan fingerprint density at radius 3 is 2.78 bits per heavy atom. The average molecular weight is 251 g/mol. The second-order valence-corrected chi connectivity index (χ2v) is 4.43. The molecule has 0 saturated heterocycles. The fourth-order valence-electron chi connectivity index (χ4n) is 1.67. The summed E-state index contributed by atoms with van der Waals surface area (Å²) in [6.07, 6.45) is 2.95. The van der Waals surface area contributed by atoms with Crippen molar-refractivity contribution in [2.24, 2.45) is 0 Å². The van der Waals surface area contributed by atoms with Gasteiger partial charge in [0.2, 0.25) is 0 Å². The van der Waals surface area contributed by atoms with Gasteiger partial charge >= 0.3 is 5.97 Å². The van der Waals surface area contributed by atoms with Gasteiger partial charge in [-0.3, -0.25) is 4.79 Å². The van der Waals surface area contributed by atoms with Crippen LogP contribution in [0.5, 0.6) is 0 Å². The van der Waals surface area contributed by atoms with Crippen LogP contribution in [0.15, 0.2) is 23.3 Å². The predicted molar refractivity (Wildman–Crippen MR) is 62.4 cm³/mol. The summed E-state index contributed by atoms with van der Waals surface area (Å²) in [6.45, 7) is 2.58. The van der Waals surface area contributed by atoms with Crippen LogP contribution in [-0.2, 0) is 11.3 Å². The summed E-state index contributed by atoms with van der Waals surface area (Å²) in [5, 5.41) is 22.6. The zero-order valence-corrected chi connectivity index (χ0v) is 9.99. The van der Waals surface area contributed by atoms with Crippen LogP contribution < -0.4 is 5.56 Å². The molecule has 0 spiro atoms. The first-order valence-electron chi connectivity index (χ1n) is 5.32. The van der Waals surface area contributed by atoms with Crippen LogP contribution in [0.1, 0.15) is 12.6 Å². The fraction of sp³-hybridized carbons (Fsp3) is 0.364. The third-order valence-electron chi connectivity index (χ3n) is 2.66. The molecule has 0 bridgehead atoms. The highest BCUT2D eigenvalue weighted by Gasteiger charge is 2.30. The lowest BCUT2D eigenvalue weighted by Gasteiger charge is -2.18. The summed E-state index contributed by atoms with van der Waals surface area (Å²) in [7, 11) is 0. The van der Waals surface area contributed by atoms with E-state index in [1.807, 2.05) is 0 Å². The molecule has 0 aromatic carbocycles. The third-order valence-corrected chi connectivity index (χ3v) is 2.66. The van der Waals surface area contributed by atoms with Crippen LogP contribution in [0.25, 0.3) is 5.52 Å². The van der Waals surface area contributed by atoms with Gasteiger partial charge in [-0.25, -0.2) is 9.31 Å². The lowest BCUT2D eigenvalue weighted by atomic mass is 10.1. The molecule has 0 saturated carbocycles. The van der Waals surface area contributed by atoms with Crippen LogP contribution in [0, 0.1) is 6.92 Å². The maximum atomic E-state index is 12.0. The molecule has 1 atom stereocenters. The van der Waals surface area contributed by atoms with E-state index in [0.717, 1.165) is 11.5 Å². The van der Waals surface area contributed by atoms with E-state index in [1.165, 1.54) is 10.7 Å². The highest BCUT2D eigenvalue weighted by atomic mass is 16.4. The van der Waals surface area contributed by atoms with Crippen LogP contribution >= 0.6 is 0 Å². The monoisotopic (exact) mass is 251 g/mol. The number of rotatable bonds is 3. The SMILES string of the molecule is Cc1cc2c(=O)n(CC(C)(O)C(=O)O)ccn2n1. The molecule has 96 valence electrons. The number of fused-ring (bicyclic) bond motifs is 1. The largest absolute Gasteiger partial charge is 0.479 e. The van der Waals surface area contributed by atoms with Crippen molar-refractivity contribution in [1.29, 1.82) is 0 Å². The van der Waals surface area contributed by atoms with Gasteiger partial charge in [-0.2, -0.15) is 5.10 Å². The van der Waals surface area contributed by atoms with Gasteiger partial charge in [-0.1, -0.05) is 0 Å². The number of hydrogen-bond acceptors (Lipinski definition) is 4. The molecular formula is C11H13N3O4. The van der Waals surface area contributed by atoms with Crippen molar-refractivity contribution in [1.82, 2.24) is 14.2 Å². The normalized spacial score (nSPS) is 14.6. The zero-order chi connectivity index (χ0) is 13.5. The molecule has 1 unspecified atom stereocenters. The minimum atomic E-state index is -1.99. The van der Waals surface area contributed by atoms with E-state index in [0.29, 0.717) is 11.2 Å². The minimum absolute atomic E-state index is 0.318. The van der Waals surface area contributed by atoms with E-state index in [9.17, 15) is 14.7 Å². The predicted octanol–water partition coefficient (Wildman–Crippen LogP) is -0.360. The van der Waals surface area contributed by atoms with E-state index in [4.69, 9.17) is 5.11 Å². The van der Waals surface area contributed by atoms with Gasteiger partial charge < -0.3 is 14.8 Å². The molecule has 0 amide bonds. The summed E-state index contributed by atoms with van der Waals surface area (Å²) < 4.78 is 2.58. The average Bonchev–Trinajstić information content (AvgIpc) is 2.64. The number of hydrogen-bond donors (Lipinski definition) is 2. The first-order chi connectivity index (χ1) is 8.31. The van der Waals surface area contributed by atoms with Crippen molar-refractivity contribution in [2.45, 2.75) is 26.0 Å². The Hall–Kier alpha value is -2.15. The Morgan fingerprint density at radius 1 is 1.50 bits per heavy atom. The fourth-order valence-corrected chi connectivity index (χ4v) is 1.67. The Bertz CT molecular complexity index is 668. The van der Waals surface area contributed by atoms with Crippen molar-refractivity contribution in [3.05, 3.63) is 34.5 Å². The highest BCUT2D eigenvalue weighted by molar-refractivity contribution is 5.76. The molecule has 0 fully saturated rings. The topological polar surface area (TPSA) is 96.8 Å². The first-order valence-corrected chi connectivity index (χ1v) is 5.32. The van der Waals surface area contributed by atoms with Gasteiger partial charge in [0, 0.05) is 12.4 Å². The number of carbonyl (C=O) groups is 1. The van der Waals surface area contributed by atoms with E-state index < -0.39 is 11.6 Å². The van der Waals surface area contributed by atoms with Crippen LogP contribution in [0.2, 0.25) is 0 Å². The van der Waals surface area contributed by atoms with Gasteiger partial charge in [0.25, 0.3) is 5.56 Å². The van der Waals surface area contributed by atoms with Gasteiger partial charge in [0.05, 0.1) is 12.2 Å². The molecule has 2 aromatic heterocycles. The van der Waals surface area contributed by atoms with E-state index in [2.05, 4.69) is 5.10 Å². The quantitative estimate of drug-likeness (QED) is 0.776. The molecule has 7 heteroatoms. The Balaban J connectivity index is 2.50. The standard InChI is InChI=1S/C11H13N3O4/c1-7-5-8-9(15)13(3-4-14(8)12-7)6-11(2,18)10(16)17/h3-5,18H,6H2,1-2H3,(H,16,17). The smallest absolute Gasteiger partial charge is 0.337 e. The summed E-state index contributed by atoms with van der Waals surface area (Å²) in [5.41, 5.74) is -1.34. The van der Waals surface area contributed by atoms with Crippen LogP contribution in [-0.4, -0.2) is 36.0 Å². The maximum absolute atomic E-state index is 12.0. The number of aliphatic carboxylic acids is 1. The van der Waals surface area contributed by atoms with E-state index >= 15 is 0 Å². The van der Waals surface area contributed by atoms with Crippen molar-refractivity contribution in [3.63, 3.8) is 0 Å². The molecule has 0 radical (unpaired) electrons. The zero-order valence-electron chi connectivity index (χ0n) is 9.99. The number of carboxylic acids is 1. The first kappa shape index (κ1) is 12.3. The van der Waals surface area contributed by atoms with E-state index in [1.54, 1.807) is 19.2 Å². The molecule has 0 aliphatic carbocycles. The summed E-state index contributed by atoms with van der Waals surface area (Å²) in [5.74, 6) is -1.38. The third kappa shape index (κ3) is 2.00. The molecule has 18 heavy (non-hydrogen) atoms. The van der Waals surface area contributed by atoms with Crippen molar-refractivity contribution < 1.29 is 15.0 Å². The van der Waals surface area contributed by atoms with E-state index in [-0.39, 0.29) is 12.1 Å². The number of aryl methyl sites for hydroxylation is 1. The summed E-state index contributed by atoms with van der Waals surface area (Å²) in [4.78, 5) is 22.9. The van der Waals surface area contributed by atoms with Gasteiger partial charge in [0.1, 0.15) is 5.52 Å². The number of aromatic nitrogens is 3. The molecule has 2 N–H and O–H groups in total. The van der Waals surface area contributed by atoms with Crippen molar-refractivity contribution in [2.75, 3.05) is 0 Å². The number of carboxylic acid groups (broad SMARTS) is 1. The molecule has 2 heterocycles. The van der Waals surface area contributed by atoms with Gasteiger partial charge in [-0.05, 0) is 19.9 Å². The highest BCUT2D eigenvalue weighted by Crippen LogP contribution is 2.07. The molecule has 7 nitrogen and oxygen atoms in total. The van der Waals surface area contributed by atoms with Crippen molar-refractivity contribution >= 4 is 11.5 Å². The molecular weight excluding hydrogens is 238 g/mol. The minimum Gasteiger partial charge on any atom is -0.479 e. The second kappa shape index (κ2) is 3.95. The maximum Gasteiger partial charge on any atom is 0.337 e. The van der Waals surface area contributed by atoms with Crippen LogP contribution in [0.3, 0.4) is 0 Å². The van der Waals surface area contributed by atoms with Gasteiger partial charge in [0.15, 0.2) is 5.60 Å². The lowest BCUT2D eigenvalue weighted by Crippen LogP contribution is -2.42. The molecule has 2 rings (SSSR count). The molecule has 2 aromatic rings. The van der Waals surface area contributed by atoms with Gasteiger partial charge in [-0.15, -0.1) is 0 Å². The Morgan fingerprint density at radius 2 is 2.17 bits per heavy atom. The number of aliphatic hydroxyl groups is 1. The molecule has 0 aliphatic heterocycles. The Kier molecular flexibility index (Phi) is 2.70. The lowest BCUT2D eigenvalue weighted by molar-refractivity contribution is -0.157. The molecule has 0 aliphatic rings. The second-order valence-electron chi connectivity index (χ2n) is 4.43. The van der Waals surface area contributed by atoms with Crippen LogP contribution in [0.4, 0.5) is 0 Å².